The van der Waals surface area contributed by atoms with E-state index in [2.05, 4.69) is 4.98 Å². The number of morpholine rings is 1. The van der Waals surface area contributed by atoms with Crippen molar-refractivity contribution in [1.82, 2.24) is 14.2 Å². The van der Waals surface area contributed by atoms with Crippen molar-refractivity contribution >= 4 is 33.1 Å². The topological polar surface area (TPSA) is 123 Å². The molecule has 1 aliphatic carbocycles. The first kappa shape index (κ1) is 25.1. The van der Waals surface area contributed by atoms with Crippen LogP contribution < -0.4 is 5.73 Å². The molecule has 3 aliphatic rings. The van der Waals surface area contributed by atoms with Crippen LogP contribution in [0.1, 0.15) is 25.7 Å². The predicted octanol–water partition coefficient (Wildman–Crippen LogP) is 2.34. The summed E-state index contributed by atoms with van der Waals surface area (Å²) in [6.45, 7) is 1.33. The van der Waals surface area contributed by atoms with E-state index in [1.54, 1.807) is 18.3 Å². The number of benzene rings is 2. The number of sulfonamides is 1. The fraction of sp³-hybridized carbons (Fsp3) is 0.393. The molecule has 2 aromatic carbocycles. The molecule has 2 aliphatic heterocycles. The van der Waals surface area contributed by atoms with Crippen molar-refractivity contribution in [2.24, 2.45) is 5.73 Å². The Bertz CT molecular complexity index is 1500. The highest BCUT2D eigenvalue weighted by Crippen LogP contribution is 2.45. The number of piperidine rings is 1. The second kappa shape index (κ2) is 9.23. The Morgan fingerprint density at radius 2 is 1.74 bits per heavy atom. The van der Waals surface area contributed by atoms with Gasteiger partial charge in [0.25, 0.3) is 0 Å². The molecule has 0 radical (unpaired) electrons. The van der Waals surface area contributed by atoms with E-state index in [4.69, 9.17) is 10.5 Å². The van der Waals surface area contributed by atoms with Gasteiger partial charge in [-0.15, -0.1) is 0 Å². The van der Waals surface area contributed by atoms with Crippen molar-refractivity contribution in [3.05, 3.63) is 60.8 Å². The van der Waals surface area contributed by atoms with E-state index >= 15 is 0 Å². The highest BCUT2D eigenvalue weighted by molar-refractivity contribution is 7.89. The number of nitrogens with zero attached hydrogens (tertiary/aromatic N) is 3. The molecule has 9 nitrogen and oxygen atoms in total. The van der Waals surface area contributed by atoms with Crippen LogP contribution in [0.5, 0.6) is 0 Å². The van der Waals surface area contributed by atoms with Gasteiger partial charge in [0.2, 0.25) is 15.9 Å². The van der Waals surface area contributed by atoms with Gasteiger partial charge in [-0.05, 0) is 61.1 Å². The molecule has 3 aromatic rings. The zero-order valence-electron chi connectivity index (χ0n) is 21.0. The van der Waals surface area contributed by atoms with Crippen molar-refractivity contribution < 1.29 is 22.7 Å². The number of rotatable bonds is 6. The maximum absolute atomic E-state index is 13.5. The largest absolute Gasteiger partial charge is 0.368 e. The van der Waals surface area contributed by atoms with Gasteiger partial charge < -0.3 is 15.3 Å². The number of hydrogen-bond acceptors (Lipinski definition) is 7. The van der Waals surface area contributed by atoms with E-state index in [-0.39, 0.29) is 23.9 Å². The van der Waals surface area contributed by atoms with Crippen molar-refractivity contribution in [3.63, 3.8) is 0 Å². The van der Waals surface area contributed by atoms with E-state index in [1.165, 1.54) is 4.31 Å². The van der Waals surface area contributed by atoms with Gasteiger partial charge in [0.05, 0.1) is 16.0 Å². The molecular formula is C28H30N4O5S. The summed E-state index contributed by atoms with van der Waals surface area (Å²) >= 11 is 0. The average molecular weight is 535 g/mol. The number of fused-ring (bicyclic) bond motifs is 1. The zero-order chi connectivity index (χ0) is 26.5. The molecule has 6 rings (SSSR count). The Morgan fingerprint density at radius 3 is 2.39 bits per heavy atom. The van der Waals surface area contributed by atoms with Crippen LogP contribution in [0.4, 0.5) is 0 Å². The maximum Gasteiger partial charge on any atom is 0.243 e. The van der Waals surface area contributed by atoms with Gasteiger partial charge in [0, 0.05) is 37.8 Å². The molecule has 2 N–H and O–H groups in total. The molecule has 0 bridgehead atoms. The Kier molecular flexibility index (Phi) is 6.10. The molecule has 1 amide bonds. The molecule has 3 fully saturated rings. The van der Waals surface area contributed by atoms with E-state index in [1.807, 2.05) is 47.4 Å². The van der Waals surface area contributed by atoms with Gasteiger partial charge in [0.1, 0.15) is 17.9 Å². The number of amides is 1. The monoisotopic (exact) mass is 534 g/mol. The number of aromatic nitrogens is 1. The summed E-state index contributed by atoms with van der Waals surface area (Å²) in [6, 6.07) is 16.8. The predicted molar refractivity (Wildman–Crippen MR) is 142 cm³/mol. The summed E-state index contributed by atoms with van der Waals surface area (Å²) < 4.78 is 34.6. The molecule has 38 heavy (non-hydrogen) atoms. The second-order valence-corrected chi connectivity index (χ2v) is 12.5. The van der Waals surface area contributed by atoms with Crippen LogP contribution in [-0.2, 0) is 24.3 Å². The molecule has 198 valence electrons. The molecule has 10 heteroatoms. The van der Waals surface area contributed by atoms with Crippen molar-refractivity contribution in [2.45, 2.75) is 47.8 Å². The van der Waals surface area contributed by atoms with Crippen molar-refractivity contribution in [2.75, 3.05) is 26.2 Å². The Labute approximate surface area is 221 Å². The first-order valence-corrected chi connectivity index (χ1v) is 14.3. The number of aldehydes is 1. The molecular weight excluding hydrogens is 504 g/mol. The van der Waals surface area contributed by atoms with Gasteiger partial charge in [-0.25, -0.2) is 8.42 Å². The highest BCUT2D eigenvalue weighted by Gasteiger charge is 2.58. The van der Waals surface area contributed by atoms with Crippen LogP contribution in [0.2, 0.25) is 0 Å². The Balaban J connectivity index is 1.17. The standard InChI is InChI=1S/C28H30N4O5S/c29-26(34)28(9-10-28)31-17-23(18-33)37-27(19-31)11-14-32(15-12-27)38(35,36)24-7-5-20(6-8-24)22-4-3-21-2-1-13-30-25(21)16-22/h1-8,13,16,18,23H,9-12,14-15,17,19H2,(H2,29,34). The Morgan fingerprint density at radius 1 is 1.03 bits per heavy atom. The third kappa shape index (κ3) is 4.31. The average Bonchev–Trinajstić information content (AvgIpc) is 3.75. The summed E-state index contributed by atoms with van der Waals surface area (Å²) in [5.74, 6) is -0.373. The third-order valence-electron chi connectivity index (χ3n) is 8.29. The molecule has 2 saturated heterocycles. The van der Waals surface area contributed by atoms with Gasteiger partial charge >= 0.3 is 0 Å². The number of carbonyl (C=O) groups is 2. The summed E-state index contributed by atoms with van der Waals surface area (Å²) in [7, 11) is -3.70. The van der Waals surface area contributed by atoms with E-state index in [9.17, 15) is 18.0 Å². The quantitative estimate of drug-likeness (QED) is 0.482. The maximum atomic E-state index is 13.5. The lowest BCUT2D eigenvalue weighted by molar-refractivity contribution is -0.181. The number of hydrogen-bond donors (Lipinski definition) is 1. The number of nitrogens with two attached hydrogens (primary N) is 1. The SMILES string of the molecule is NC(=O)C1(N2CC(C=O)OC3(CCN(S(=O)(=O)c4ccc(-c5ccc6cccnc6c5)cc4)CC3)C2)CC1. The summed E-state index contributed by atoms with van der Waals surface area (Å²) in [5.41, 5.74) is 7.05. The minimum atomic E-state index is -3.70. The number of pyridine rings is 1. The lowest BCUT2D eigenvalue weighted by Gasteiger charge is -2.50. The Hall–Kier alpha value is -3.18. The number of primary amides is 1. The fourth-order valence-corrected chi connectivity index (χ4v) is 7.32. The molecule has 1 atom stereocenters. The second-order valence-electron chi connectivity index (χ2n) is 10.6. The molecule has 3 heterocycles. The fourth-order valence-electron chi connectivity index (χ4n) is 5.88. The summed E-state index contributed by atoms with van der Waals surface area (Å²) in [5, 5.41) is 1.05. The van der Waals surface area contributed by atoms with Crippen LogP contribution in [0.25, 0.3) is 22.0 Å². The third-order valence-corrected chi connectivity index (χ3v) is 10.2. The molecule has 1 unspecified atom stereocenters. The lowest BCUT2D eigenvalue weighted by atomic mass is 9.88. The minimum Gasteiger partial charge on any atom is -0.368 e. The van der Waals surface area contributed by atoms with Gasteiger partial charge in [-0.3, -0.25) is 14.7 Å². The van der Waals surface area contributed by atoms with Gasteiger partial charge in [-0.1, -0.05) is 30.3 Å². The van der Waals surface area contributed by atoms with Crippen molar-refractivity contribution in [3.8, 4) is 11.1 Å². The van der Waals surface area contributed by atoms with E-state index in [0.717, 1.165) is 28.3 Å². The highest BCUT2D eigenvalue weighted by atomic mass is 32.2. The summed E-state index contributed by atoms with van der Waals surface area (Å²) in [4.78, 5) is 30.4. The minimum absolute atomic E-state index is 0.235. The molecule has 1 aromatic heterocycles. The molecule has 1 saturated carbocycles. The van der Waals surface area contributed by atoms with Crippen LogP contribution in [0.3, 0.4) is 0 Å². The van der Waals surface area contributed by atoms with Gasteiger partial charge in [-0.2, -0.15) is 4.31 Å². The van der Waals surface area contributed by atoms with Crippen molar-refractivity contribution in [1.29, 1.82) is 0 Å². The molecule has 1 spiro atoms. The van der Waals surface area contributed by atoms with E-state index in [0.29, 0.717) is 38.8 Å². The number of carbonyl (C=O) groups excluding carboxylic acids is 2. The first-order chi connectivity index (χ1) is 18.2. The van der Waals surface area contributed by atoms with E-state index < -0.39 is 27.3 Å². The number of ether oxygens (including phenoxy) is 1. The van der Waals surface area contributed by atoms with Crippen LogP contribution in [-0.4, -0.2) is 78.2 Å². The summed E-state index contributed by atoms with van der Waals surface area (Å²) in [6.07, 6.45) is 4.07. The van der Waals surface area contributed by atoms with Crippen LogP contribution in [0.15, 0.2) is 65.7 Å². The van der Waals surface area contributed by atoms with Gasteiger partial charge in [0.15, 0.2) is 0 Å². The smallest absolute Gasteiger partial charge is 0.243 e. The zero-order valence-corrected chi connectivity index (χ0v) is 21.8. The normalized spacial score (nSPS) is 23.3. The van der Waals surface area contributed by atoms with Crippen LogP contribution >= 0.6 is 0 Å². The first-order valence-electron chi connectivity index (χ1n) is 12.9. The lowest BCUT2D eigenvalue weighted by Crippen LogP contribution is -2.64. The van der Waals surface area contributed by atoms with Crippen LogP contribution in [0, 0.1) is 0 Å².